The predicted octanol–water partition coefficient (Wildman–Crippen LogP) is 9.06. The number of rotatable bonds is 0. The summed E-state index contributed by atoms with van der Waals surface area (Å²) in [4.78, 5) is 0. The van der Waals surface area contributed by atoms with Crippen molar-refractivity contribution < 1.29 is 0 Å². The van der Waals surface area contributed by atoms with E-state index < -0.39 is 0 Å². The van der Waals surface area contributed by atoms with Crippen LogP contribution >= 0.6 is 11.3 Å². The molecule has 2 aliphatic rings. The molecule has 35 heavy (non-hydrogen) atoms. The summed E-state index contributed by atoms with van der Waals surface area (Å²) in [7, 11) is 0. The average Bonchev–Trinajstić information content (AvgIpc) is 3.41. The van der Waals surface area contributed by atoms with Crippen LogP contribution in [0.4, 0.5) is 0 Å². The maximum absolute atomic E-state index is 2.53. The number of thiophene rings is 1. The van der Waals surface area contributed by atoms with Crippen molar-refractivity contribution in [3.05, 3.63) is 143 Å². The summed E-state index contributed by atoms with van der Waals surface area (Å²) in [6.45, 7) is 4.81. The molecule has 0 aliphatic heterocycles. The van der Waals surface area contributed by atoms with E-state index in [2.05, 4.69) is 123 Å². The molecule has 0 unspecified atom stereocenters. The first-order valence-electron chi connectivity index (χ1n) is 12.4. The van der Waals surface area contributed by atoms with Crippen molar-refractivity contribution in [3.63, 3.8) is 0 Å². The second kappa shape index (κ2) is 6.50. The van der Waals surface area contributed by atoms with Crippen molar-refractivity contribution >= 4 is 31.5 Å². The van der Waals surface area contributed by atoms with Gasteiger partial charge in [0.25, 0.3) is 0 Å². The van der Waals surface area contributed by atoms with E-state index in [0.29, 0.717) is 0 Å². The molecular weight excluding hydrogens is 440 g/mol. The Morgan fingerprint density at radius 1 is 0.457 bits per heavy atom. The van der Waals surface area contributed by atoms with Crippen molar-refractivity contribution in [2.45, 2.75) is 24.7 Å². The minimum absolute atomic E-state index is 0.0963. The van der Waals surface area contributed by atoms with Crippen LogP contribution in [-0.4, -0.2) is 0 Å². The molecule has 6 aromatic rings. The zero-order chi connectivity index (χ0) is 23.4. The van der Waals surface area contributed by atoms with Crippen LogP contribution in [0.5, 0.6) is 0 Å². The zero-order valence-corrected chi connectivity index (χ0v) is 20.6. The number of hydrogen-bond acceptors (Lipinski definition) is 1. The molecule has 0 radical (unpaired) electrons. The average molecular weight is 465 g/mol. The Morgan fingerprint density at radius 2 is 1.03 bits per heavy atom. The molecular formula is C34H24S. The van der Waals surface area contributed by atoms with Crippen molar-refractivity contribution in [1.82, 2.24) is 0 Å². The van der Waals surface area contributed by atoms with Crippen LogP contribution in [0.2, 0.25) is 0 Å². The fourth-order valence-corrected chi connectivity index (χ4v) is 8.19. The molecule has 2 aliphatic carbocycles. The van der Waals surface area contributed by atoms with Crippen molar-refractivity contribution in [2.75, 3.05) is 0 Å². The monoisotopic (exact) mass is 464 g/mol. The van der Waals surface area contributed by atoms with E-state index in [1.54, 1.807) is 0 Å². The van der Waals surface area contributed by atoms with E-state index in [0.717, 1.165) is 0 Å². The first-order valence-corrected chi connectivity index (χ1v) is 13.2. The van der Waals surface area contributed by atoms with Gasteiger partial charge >= 0.3 is 0 Å². The lowest BCUT2D eigenvalue weighted by atomic mass is 9.55. The van der Waals surface area contributed by atoms with Gasteiger partial charge in [-0.05, 0) is 62.7 Å². The van der Waals surface area contributed by atoms with E-state index in [1.165, 1.54) is 64.7 Å². The quantitative estimate of drug-likeness (QED) is 0.210. The lowest BCUT2D eigenvalue weighted by Crippen LogP contribution is -2.40. The van der Waals surface area contributed by atoms with Crippen molar-refractivity contribution in [3.8, 4) is 11.1 Å². The fourth-order valence-electron chi connectivity index (χ4n) is 7.06. The molecule has 0 amide bonds. The summed E-state index contributed by atoms with van der Waals surface area (Å²) in [5.41, 5.74) is 10.9. The Labute approximate surface area is 209 Å². The summed E-state index contributed by atoms with van der Waals surface area (Å²) in [5, 5.41) is 2.75. The maximum atomic E-state index is 2.53. The molecule has 166 valence electrons. The Morgan fingerprint density at radius 3 is 1.74 bits per heavy atom. The molecule has 0 nitrogen and oxygen atoms in total. The molecule has 8 rings (SSSR count). The van der Waals surface area contributed by atoms with Crippen LogP contribution < -0.4 is 0 Å². The van der Waals surface area contributed by atoms with Crippen LogP contribution in [0.15, 0.2) is 109 Å². The summed E-state index contributed by atoms with van der Waals surface area (Å²) < 4.78 is 2.74. The van der Waals surface area contributed by atoms with Gasteiger partial charge in [0.05, 0.1) is 5.41 Å². The topological polar surface area (TPSA) is 0 Å². The van der Waals surface area contributed by atoms with Gasteiger partial charge < -0.3 is 0 Å². The standard InChI is InChI=1S/C34H24S/c1-33(2)27-16-8-9-17-28(27)34(25-14-6-3-11-21(25)22-12-4-7-15-26(22)34)30-20-32-24(19-29(30)33)23-13-5-10-18-31(23)35-32/h3-20H,1-2H3. The van der Waals surface area contributed by atoms with Gasteiger partial charge in [-0.15, -0.1) is 11.3 Å². The molecule has 0 saturated carbocycles. The molecule has 0 N–H and O–H groups in total. The van der Waals surface area contributed by atoms with E-state index in [-0.39, 0.29) is 10.8 Å². The minimum Gasteiger partial charge on any atom is -0.135 e. The van der Waals surface area contributed by atoms with Gasteiger partial charge in [0, 0.05) is 25.6 Å². The van der Waals surface area contributed by atoms with Gasteiger partial charge in [-0.3, -0.25) is 0 Å². The predicted molar refractivity (Wildman–Crippen MR) is 149 cm³/mol. The molecule has 0 atom stereocenters. The van der Waals surface area contributed by atoms with Gasteiger partial charge in [0.2, 0.25) is 0 Å². The first-order chi connectivity index (χ1) is 17.1. The smallest absolute Gasteiger partial charge is 0.0720 e. The SMILES string of the molecule is CC1(C)c2ccccc2C2(c3ccccc3-c3ccccc32)c2cc3sc4ccccc4c3cc21. The van der Waals surface area contributed by atoms with Crippen LogP contribution in [0.3, 0.4) is 0 Å². The van der Waals surface area contributed by atoms with Crippen molar-refractivity contribution in [1.29, 1.82) is 0 Å². The molecule has 1 heterocycles. The highest BCUT2D eigenvalue weighted by Gasteiger charge is 2.53. The molecule has 1 spiro atoms. The van der Waals surface area contributed by atoms with Crippen LogP contribution in [0.25, 0.3) is 31.3 Å². The molecule has 1 aromatic heterocycles. The van der Waals surface area contributed by atoms with Gasteiger partial charge in [-0.1, -0.05) is 105 Å². The fraction of sp³-hybridized carbons (Fsp3) is 0.118. The summed E-state index contributed by atoms with van der Waals surface area (Å²) in [6, 6.07) is 41.2. The van der Waals surface area contributed by atoms with Crippen LogP contribution in [-0.2, 0) is 10.8 Å². The van der Waals surface area contributed by atoms with Gasteiger partial charge in [-0.25, -0.2) is 0 Å². The third-order valence-corrected chi connectivity index (χ3v) is 9.68. The van der Waals surface area contributed by atoms with Crippen molar-refractivity contribution in [2.24, 2.45) is 0 Å². The van der Waals surface area contributed by atoms with Crippen LogP contribution in [0, 0.1) is 0 Å². The normalized spacial score (nSPS) is 16.2. The van der Waals surface area contributed by atoms with Gasteiger partial charge in [0.1, 0.15) is 0 Å². The Kier molecular flexibility index (Phi) is 3.64. The van der Waals surface area contributed by atoms with E-state index in [1.807, 2.05) is 11.3 Å². The lowest BCUT2D eigenvalue weighted by Gasteiger charge is -2.46. The highest BCUT2D eigenvalue weighted by molar-refractivity contribution is 7.25. The van der Waals surface area contributed by atoms with E-state index >= 15 is 0 Å². The Hall–Kier alpha value is -3.68. The summed E-state index contributed by atoms with van der Waals surface area (Å²) >= 11 is 1.92. The summed E-state index contributed by atoms with van der Waals surface area (Å²) in [6.07, 6.45) is 0. The third kappa shape index (κ3) is 2.23. The second-order valence-corrected chi connectivity index (χ2v) is 11.6. The lowest BCUT2D eigenvalue weighted by molar-refractivity contribution is 0.564. The van der Waals surface area contributed by atoms with Gasteiger partial charge in [0.15, 0.2) is 0 Å². The molecule has 0 saturated heterocycles. The minimum atomic E-state index is -0.307. The zero-order valence-electron chi connectivity index (χ0n) is 19.8. The van der Waals surface area contributed by atoms with E-state index in [4.69, 9.17) is 0 Å². The third-order valence-electron chi connectivity index (χ3n) is 8.55. The summed E-state index contributed by atoms with van der Waals surface area (Å²) in [5.74, 6) is 0. The highest BCUT2D eigenvalue weighted by Crippen LogP contribution is 2.62. The second-order valence-electron chi connectivity index (χ2n) is 10.5. The Bertz CT molecular complexity index is 1790. The molecule has 5 aromatic carbocycles. The maximum Gasteiger partial charge on any atom is 0.0720 e. The largest absolute Gasteiger partial charge is 0.135 e. The highest BCUT2D eigenvalue weighted by atomic mass is 32.1. The number of hydrogen-bond donors (Lipinski definition) is 0. The van der Waals surface area contributed by atoms with Gasteiger partial charge in [-0.2, -0.15) is 0 Å². The molecule has 0 fully saturated rings. The van der Waals surface area contributed by atoms with E-state index in [9.17, 15) is 0 Å². The number of fused-ring (bicyclic) bond motifs is 12. The first kappa shape index (κ1) is 19.6. The molecule has 0 bridgehead atoms. The Balaban J connectivity index is 1.63. The number of benzene rings is 5. The van der Waals surface area contributed by atoms with Crippen LogP contribution in [0.1, 0.15) is 47.2 Å². The molecule has 1 heteroatoms.